The SMILES string of the molecule is COCCNC(=O)[C@@H]1c2ccccc2C(=O)N2CCc3cc(OC)c(OC)cc3[C@@H]12. The normalized spacial score (nSPS) is 19.4. The highest BCUT2D eigenvalue weighted by molar-refractivity contribution is 6.01. The van der Waals surface area contributed by atoms with Gasteiger partial charge < -0.3 is 24.4 Å². The summed E-state index contributed by atoms with van der Waals surface area (Å²) in [5.74, 6) is 0.547. The smallest absolute Gasteiger partial charge is 0.254 e. The molecule has 7 heteroatoms. The van der Waals surface area contributed by atoms with Crippen molar-refractivity contribution in [1.29, 1.82) is 0 Å². The Hall–Kier alpha value is -3.06. The molecule has 0 unspecified atom stereocenters. The standard InChI is InChI=1S/C23H26N2O5/c1-28-11-9-24-22(26)20-15-6-4-5-7-16(15)23(27)25-10-8-14-12-18(29-2)19(30-3)13-17(14)21(20)25/h4-7,12-13,20-21H,8-11H2,1-3H3,(H,24,26)/t20-,21+/m1/s1. The second-order valence-corrected chi connectivity index (χ2v) is 7.45. The predicted molar refractivity (Wildman–Crippen MR) is 111 cm³/mol. The zero-order valence-corrected chi connectivity index (χ0v) is 17.4. The molecule has 0 saturated heterocycles. The quantitative estimate of drug-likeness (QED) is 0.740. The lowest BCUT2D eigenvalue weighted by Crippen LogP contribution is -2.50. The highest BCUT2D eigenvalue weighted by atomic mass is 16.5. The van der Waals surface area contributed by atoms with Gasteiger partial charge in [-0.1, -0.05) is 18.2 Å². The van der Waals surface area contributed by atoms with E-state index in [1.54, 1.807) is 27.4 Å². The van der Waals surface area contributed by atoms with E-state index in [1.807, 2.05) is 35.2 Å². The number of ether oxygens (including phenoxy) is 3. The van der Waals surface area contributed by atoms with Crippen molar-refractivity contribution < 1.29 is 23.8 Å². The molecule has 0 spiro atoms. The van der Waals surface area contributed by atoms with Gasteiger partial charge in [0.25, 0.3) is 5.91 Å². The Kier molecular flexibility index (Phi) is 5.63. The van der Waals surface area contributed by atoms with Gasteiger partial charge in [0.15, 0.2) is 11.5 Å². The molecular formula is C23H26N2O5. The second kappa shape index (κ2) is 8.36. The number of carbonyl (C=O) groups excluding carboxylic acids is 2. The second-order valence-electron chi connectivity index (χ2n) is 7.45. The summed E-state index contributed by atoms with van der Waals surface area (Å²) in [6.07, 6.45) is 0.693. The van der Waals surface area contributed by atoms with Gasteiger partial charge in [0.1, 0.15) is 0 Å². The average molecular weight is 410 g/mol. The van der Waals surface area contributed by atoms with E-state index in [9.17, 15) is 9.59 Å². The van der Waals surface area contributed by atoms with Gasteiger partial charge in [-0.05, 0) is 41.3 Å². The molecule has 0 saturated carbocycles. The van der Waals surface area contributed by atoms with Crippen molar-refractivity contribution in [2.75, 3.05) is 41.0 Å². The summed E-state index contributed by atoms with van der Waals surface area (Å²) in [7, 11) is 4.78. The number of benzene rings is 2. The van der Waals surface area contributed by atoms with Crippen LogP contribution in [0.5, 0.6) is 11.5 Å². The molecule has 7 nitrogen and oxygen atoms in total. The zero-order valence-electron chi connectivity index (χ0n) is 17.4. The minimum absolute atomic E-state index is 0.0445. The molecule has 0 aromatic heterocycles. The minimum Gasteiger partial charge on any atom is -0.493 e. The number of nitrogens with one attached hydrogen (secondary N) is 1. The summed E-state index contributed by atoms with van der Waals surface area (Å²) in [6.45, 7) is 1.38. The van der Waals surface area contributed by atoms with Crippen molar-refractivity contribution in [3.05, 3.63) is 58.7 Å². The summed E-state index contributed by atoms with van der Waals surface area (Å²) in [4.78, 5) is 28.4. The molecule has 2 heterocycles. The Morgan fingerprint density at radius 2 is 1.83 bits per heavy atom. The van der Waals surface area contributed by atoms with E-state index in [0.29, 0.717) is 43.2 Å². The number of hydrogen-bond acceptors (Lipinski definition) is 5. The molecule has 0 aliphatic carbocycles. The molecule has 2 aliphatic rings. The van der Waals surface area contributed by atoms with E-state index in [2.05, 4.69) is 5.32 Å². The first kappa shape index (κ1) is 20.2. The van der Waals surface area contributed by atoms with Gasteiger partial charge in [-0.15, -0.1) is 0 Å². The van der Waals surface area contributed by atoms with Crippen LogP contribution in [0.4, 0.5) is 0 Å². The Morgan fingerprint density at radius 1 is 1.10 bits per heavy atom. The topological polar surface area (TPSA) is 77.1 Å². The van der Waals surface area contributed by atoms with Gasteiger partial charge in [-0.2, -0.15) is 0 Å². The Labute approximate surface area is 175 Å². The summed E-state index contributed by atoms with van der Waals surface area (Å²) in [5.41, 5.74) is 3.33. The molecule has 2 atom stereocenters. The molecule has 0 bridgehead atoms. The molecule has 0 fully saturated rings. The lowest BCUT2D eigenvalue weighted by atomic mass is 9.75. The highest BCUT2D eigenvalue weighted by Gasteiger charge is 2.46. The number of nitrogens with zero attached hydrogens (tertiary/aromatic N) is 1. The molecule has 2 aromatic carbocycles. The van der Waals surface area contributed by atoms with E-state index in [4.69, 9.17) is 14.2 Å². The summed E-state index contributed by atoms with van der Waals surface area (Å²) >= 11 is 0. The zero-order chi connectivity index (χ0) is 21.3. The monoisotopic (exact) mass is 410 g/mol. The molecule has 2 amide bonds. The number of hydrogen-bond donors (Lipinski definition) is 1. The molecular weight excluding hydrogens is 384 g/mol. The number of rotatable bonds is 6. The van der Waals surface area contributed by atoms with Crippen molar-refractivity contribution >= 4 is 11.8 Å². The Balaban J connectivity index is 1.85. The van der Waals surface area contributed by atoms with E-state index in [0.717, 1.165) is 16.7 Å². The van der Waals surface area contributed by atoms with E-state index >= 15 is 0 Å². The van der Waals surface area contributed by atoms with Gasteiger partial charge in [-0.25, -0.2) is 0 Å². The van der Waals surface area contributed by atoms with Gasteiger partial charge in [-0.3, -0.25) is 9.59 Å². The van der Waals surface area contributed by atoms with Crippen LogP contribution in [0.3, 0.4) is 0 Å². The van der Waals surface area contributed by atoms with Crippen molar-refractivity contribution in [3.8, 4) is 11.5 Å². The third kappa shape index (κ3) is 3.29. The first-order valence-electron chi connectivity index (χ1n) is 10.0. The maximum Gasteiger partial charge on any atom is 0.254 e. The van der Waals surface area contributed by atoms with Crippen molar-refractivity contribution in [1.82, 2.24) is 10.2 Å². The molecule has 30 heavy (non-hydrogen) atoms. The number of carbonyl (C=O) groups is 2. The van der Waals surface area contributed by atoms with Crippen molar-refractivity contribution in [2.45, 2.75) is 18.4 Å². The van der Waals surface area contributed by atoms with Gasteiger partial charge in [0.05, 0.1) is 32.8 Å². The van der Waals surface area contributed by atoms with Crippen LogP contribution >= 0.6 is 0 Å². The van der Waals surface area contributed by atoms with E-state index in [-0.39, 0.29) is 11.8 Å². The molecule has 158 valence electrons. The molecule has 2 aromatic rings. The largest absolute Gasteiger partial charge is 0.493 e. The molecule has 2 aliphatic heterocycles. The number of fused-ring (bicyclic) bond motifs is 4. The third-order valence-corrected chi connectivity index (χ3v) is 5.91. The Bertz CT molecular complexity index is 974. The highest BCUT2D eigenvalue weighted by Crippen LogP contribution is 2.48. The van der Waals surface area contributed by atoms with Crippen molar-refractivity contribution in [3.63, 3.8) is 0 Å². The number of methoxy groups -OCH3 is 3. The van der Waals surface area contributed by atoms with Gasteiger partial charge >= 0.3 is 0 Å². The molecule has 0 radical (unpaired) electrons. The van der Waals surface area contributed by atoms with Crippen molar-refractivity contribution in [2.24, 2.45) is 0 Å². The van der Waals surface area contributed by atoms with Crippen LogP contribution in [-0.2, 0) is 16.0 Å². The summed E-state index contributed by atoms with van der Waals surface area (Å²) in [6, 6.07) is 10.8. The lowest BCUT2D eigenvalue weighted by Gasteiger charge is -2.45. The van der Waals surface area contributed by atoms with Crippen LogP contribution in [0.2, 0.25) is 0 Å². The Morgan fingerprint density at radius 3 is 2.57 bits per heavy atom. The lowest BCUT2D eigenvalue weighted by molar-refractivity contribution is -0.124. The summed E-state index contributed by atoms with van der Waals surface area (Å²) < 4.78 is 16.0. The maximum atomic E-state index is 13.3. The average Bonchev–Trinajstić information content (AvgIpc) is 2.78. The first-order valence-corrected chi connectivity index (χ1v) is 10.0. The maximum absolute atomic E-state index is 13.3. The molecule has 1 N–H and O–H groups in total. The fraction of sp³-hybridized carbons (Fsp3) is 0.391. The first-order chi connectivity index (χ1) is 14.6. The fourth-order valence-electron chi connectivity index (χ4n) is 4.52. The van der Waals surface area contributed by atoms with Gasteiger partial charge in [0.2, 0.25) is 5.91 Å². The minimum atomic E-state index is -0.520. The van der Waals surface area contributed by atoms with Crippen LogP contribution in [0.25, 0.3) is 0 Å². The number of amides is 2. The predicted octanol–water partition coefficient (Wildman–Crippen LogP) is 2.30. The van der Waals surface area contributed by atoms with E-state index in [1.165, 1.54) is 0 Å². The summed E-state index contributed by atoms with van der Waals surface area (Å²) in [5, 5.41) is 2.97. The fourth-order valence-corrected chi connectivity index (χ4v) is 4.52. The van der Waals surface area contributed by atoms with Crippen LogP contribution in [0.1, 0.15) is 39.0 Å². The third-order valence-electron chi connectivity index (χ3n) is 5.91. The molecule has 4 rings (SSSR count). The van der Waals surface area contributed by atoms with Crippen LogP contribution in [0, 0.1) is 0 Å². The van der Waals surface area contributed by atoms with E-state index < -0.39 is 12.0 Å². The van der Waals surface area contributed by atoms with Crippen LogP contribution < -0.4 is 14.8 Å². The van der Waals surface area contributed by atoms with Crippen LogP contribution in [0.15, 0.2) is 36.4 Å². The van der Waals surface area contributed by atoms with Crippen LogP contribution in [-0.4, -0.2) is 57.7 Å². The van der Waals surface area contributed by atoms with Gasteiger partial charge in [0, 0.05) is 25.8 Å².